The zero-order valence-electron chi connectivity index (χ0n) is 31.8. The Bertz CT molecular complexity index is 3300. The fourth-order valence-electron chi connectivity index (χ4n) is 10.4. The molecular formula is C52H38N4. The van der Waals surface area contributed by atoms with Crippen LogP contribution in [0.3, 0.4) is 0 Å². The van der Waals surface area contributed by atoms with Crippen molar-refractivity contribution >= 4 is 43.6 Å². The Morgan fingerprint density at radius 2 is 0.982 bits per heavy atom. The average molecular weight is 719 g/mol. The number of nitrogens with zero attached hydrogens (tertiary/aromatic N) is 4. The average Bonchev–Trinajstić information content (AvgIpc) is 3.90. The molecular weight excluding hydrogens is 681 g/mol. The summed E-state index contributed by atoms with van der Waals surface area (Å²) in [6, 6.07) is 53.3. The summed E-state index contributed by atoms with van der Waals surface area (Å²) >= 11 is 0. The minimum Gasteiger partial charge on any atom is -0.308 e. The Balaban J connectivity index is 0.998. The van der Waals surface area contributed by atoms with Gasteiger partial charge in [-0.1, -0.05) is 125 Å². The minimum absolute atomic E-state index is 0.0580. The number of hydrogen-bond acceptors (Lipinski definition) is 2. The number of fused-ring (bicyclic) bond motifs is 14. The van der Waals surface area contributed by atoms with Crippen LogP contribution < -0.4 is 0 Å². The van der Waals surface area contributed by atoms with Gasteiger partial charge in [-0.2, -0.15) is 0 Å². The van der Waals surface area contributed by atoms with Gasteiger partial charge in [0.1, 0.15) is 5.82 Å². The summed E-state index contributed by atoms with van der Waals surface area (Å²) in [6.45, 7) is 9.39. The maximum absolute atomic E-state index is 5.13. The molecule has 4 heteroatoms. The zero-order chi connectivity index (χ0) is 37.5. The summed E-state index contributed by atoms with van der Waals surface area (Å²) < 4.78 is 4.70. The van der Waals surface area contributed by atoms with Crippen molar-refractivity contribution in [1.29, 1.82) is 0 Å². The molecule has 0 aliphatic heterocycles. The summed E-state index contributed by atoms with van der Waals surface area (Å²) in [7, 11) is 0. The van der Waals surface area contributed by atoms with Crippen LogP contribution in [0.5, 0.6) is 0 Å². The molecule has 0 fully saturated rings. The summed E-state index contributed by atoms with van der Waals surface area (Å²) in [6.07, 6.45) is 3.94. The van der Waals surface area contributed by atoms with Crippen LogP contribution in [0.2, 0.25) is 0 Å². The van der Waals surface area contributed by atoms with E-state index in [0.717, 1.165) is 33.8 Å². The second kappa shape index (κ2) is 10.9. The second-order valence-corrected chi connectivity index (χ2v) is 16.6. The van der Waals surface area contributed by atoms with Crippen LogP contribution in [-0.4, -0.2) is 19.1 Å². The normalized spacial score (nSPS) is 14.7. The number of para-hydroxylation sites is 2. The summed E-state index contributed by atoms with van der Waals surface area (Å²) in [5.41, 5.74) is 18.4. The number of benzene rings is 6. The maximum Gasteiger partial charge on any atom is 0.138 e. The van der Waals surface area contributed by atoms with Crippen LogP contribution >= 0.6 is 0 Å². The first-order valence-electron chi connectivity index (χ1n) is 19.6. The van der Waals surface area contributed by atoms with E-state index in [9.17, 15) is 0 Å². The van der Waals surface area contributed by atoms with Gasteiger partial charge in [0.25, 0.3) is 0 Å². The number of pyridine rings is 2. The first-order chi connectivity index (χ1) is 27.3. The molecule has 56 heavy (non-hydrogen) atoms. The molecule has 12 rings (SSSR count). The molecule has 0 spiro atoms. The molecule has 2 aliphatic carbocycles. The molecule has 0 N–H and O–H groups in total. The highest BCUT2D eigenvalue weighted by atomic mass is 15.1. The Morgan fingerprint density at radius 1 is 0.446 bits per heavy atom. The summed E-state index contributed by atoms with van der Waals surface area (Å²) in [4.78, 5) is 10.1. The van der Waals surface area contributed by atoms with Crippen molar-refractivity contribution in [3.05, 3.63) is 180 Å². The molecule has 0 saturated heterocycles. The molecule has 4 nitrogen and oxygen atoms in total. The lowest BCUT2D eigenvalue weighted by atomic mass is 9.82. The highest BCUT2D eigenvalue weighted by Crippen LogP contribution is 2.54. The van der Waals surface area contributed by atoms with Crippen molar-refractivity contribution in [3.8, 4) is 45.0 Å². The van der Waals surface area contributed by atoms with E-state index in [-0.39, 0.29) is 10.8 Å². The zero-order valence-corrected chi connectivity index (χ0v) is 31.8. The smallest absolute Gasteiger partial charge is 0.138 e. The van der Waals surface area contributed by atoms with E-state index in [1.165, 1.54) is 77.1 Å². The lowest BCUT2D eigenvalue weighted by Gasteiger charge is -2.21. The Labute approximate surface area is 325 Å². The van der Waals surface area contributed by atoms with Gasteiger partial charge in [0, 0.05) is 44.1 Å². The van der Waals surface area contributed by atoms with Gasteiger partial charge in [-0.25, -0.2) is 4.98 Å². The maximum atomic E-state index is 5.13. The lowest BCUT2D eigenvalue weighted by Crippen LogP contribution is -2.14. The molecule has 0 amide bonds. The lowest BCUT2D eigenvalue weighted by molar-refractivity contribution is 0.660. The molecule has 0 atom stereocenters. The van der Waals surface area contributed by atoms with Gasteiger partial charge < -0.3 is 4.57 Å². The van der Waals surface area contributed by atoms with E-state index < -0.39 is 0 Å². The number of hydrogen-bond donors (Lipinski definition) is 0. The molecule has 0 bridgehead atoms. The van der Waals surface area contributed by atoms with Crippen molar-refractivity contribution < 1.29 is 0 Å². The van der Waals surface area contributed by atoms with Crippen molar-refractivity contribution in [2.24, 2.45) is 0 Å². The van der Waals surface area contributed by atoms with E-state index in [2.05, 4.69) is 182 Å². The second-order valence-electron chi connectivity index (χ2n) is 16.6. The van der Waals surface area contributed by atoms with Crippen LogP contribution in [0.1, 0.15) is 49.9 Å². The standard InChI is InChI=1S/C52H38N4/c1-51(2)37-17-9-5-13-33(37)47-39(51)22-25-44-49(47)35-15-7-11-19-42(35)55(44)32-21-24-41(54-30-32)31-27-28-53-46(29-31)56-43-20-12-8-16-36(43)50-45(56)26-23-40-48(50)34-14-6-10-18-38(34)52(40,3)4/h5-30H,1-4H3. The predicted molar refractivity (Wildman–Crippen MR) is 231 cm³/mol. The van der Waals surface area contributed by atoms with E-state index in [0.29, 0.717) is 0 Å². The van der Waals surface area contributed by atoms with Crippen LogP contribution in [0.15, 0.2) is 158 Å². The third-order valence-electron chi connectivity index (χ3n) is 13.0. The van der Waals surface area contributed by atoms with Crippen LogP contribution in [0.25, 0.3) is 88.6 Å². The molecule has 0 radical (unpaired) electrons. The molecule has 6 aromatic carbocycles. The SMILES string of the molecule is CC1(C)c2ccccc2-c2c1ccc1c2c2ccccc2n1-c1ccc(-c2ccnc(-n3c4ccccc4c4c5c(ccc43)C(C)(C)c3ccccc3-5)c2)nc1. The van der Waals surface area contributed by atoms with E-state index in [4.69, 9.17) is 9.97 Å². The van der Waals surface area contributed by atoms with Crippen molar-refractivity contribution in [3.63, 3.8) is 0 Å². The highest BCUT2D eigenvalue weighted by Gasteiger charge is 2.38. The Kier molecular flexibility index (Phi) is 6.15. The van der Waals surface area contributed by atoms with Gasteiger partial charge in [-0.15, -0.1) is 0 Å². The van der Waals surface area contributed by atoms with Crippen LogP contribution in [-0.2, 0) is 10.8 Å². The molecule has 4 heterocycles. The molecule has 2 aliphatic rings. The van der Waals surface area contributed by atoms with Gasteiger partial charge in [0.2, 0.25) is 0 Å². The third-order valence-corrected chi connectivity index (χ3v) is 13.0. The van der Waals surface area contributed by atoms with E-state index in [1.807, 2.05) is 12.4 Å². The quantitative estimate of drug-likeness (QED) is 0.182. The van der Waals surface area contributed by atoms with Gasteiger partial charge in [-0.05, 0) is 93.0 Å². The molecule has 266 valence electrons. The molecule has 0 saturated carbocycles. The van der Waals surface area contributed by atoms with Crippen molar-refractivity contribution in [2.75, 3.05) is 0 Å². The molecule has 4 aromatic heterocycles. The fourth-order valence-corrected chi connectivity index (χ4v) is 10.4. The van der Waals surface area contributed by atoms with Gasteiger partial charge in [0.05, 0.1) is 39.6 Å². The van der Waals surface area contributed by atoms with Crippen LogP contribution in [0.4, 0.5) is 0 Å². The number of rotatable bonds is 3. The first kappa shape index (κ1) is 31.6. The first-order valence-corrected chi connectivity index (χ1v) is 19.6. The molecule has 0 unspecified atom stereocenters. The van der Waals surface area contributed by atoms with E-state index >= 15 is 0 Å². The monoisotopic (exact) mass is 718 g/mol. The van der Waals surface area contributed by atoms with E-state index in [1.54, 1.807) is 0 Å². The molecule has 10 aromatic rings. The largest absolute Gasteiger partial charge is 0.308 e. The summed E-state index contributed by atoms with van der Waals surface area (Å²) in [5, 5.41) is 5.10. The van der Waals surface area contributed by atoms with Gasteiger partial charge >= 0.3 is 0 Å². The van der Waals surface area contributed by atoms with Gasteiger partial charge in [0.15, 0.2) is 0 Å². The highest BCUT2D eigenvalue weighted by molar-refractivity contribution is 6.19. The van der Waals surface area contributed by atoms with Crippen molar-refractivity contribution in [2.45, 2.75) is 38.5 Å². The Morgan fingerprint density at radius 3 is 1.57 bits per heavy atom. The number of aromatic nitrogens is 4. The predicted octanol–water partition coefficient (Wildman–Crippen LogP) is 13.0. The van der Waals surface area contributed by atoms with Crippen molar-refractivity contribution in [1.82, 2.24) is 19.1 Å². The van der Waals surface area contributed by atoms with Gasteiger partial charge in [-0.3, -0.25) is 9.55 Å². The summed E-state index contributed by atoms with van der Waals surface area (Å²) in [5.74, 6) is 0.879. The Hall–Kier alpha value is -6.78. The third kappa shape index (κ3) is 3.98. The minimum atomic E-state index is -0.0685. The van der Waals surface area contributed by atoms with Crippen LogP contribution in [0, 0.1) is 0 Å². The topological polar surface area (TPSA) is 35.6 Å². The fraction of sp³-hybridized carbons (Fsp3) is 0.115.